The normalized spacial score (nSPS) is 13.8. The Labute approximate surface area is 73.8 Å². The molecule has 0 aromatic heterocycles. The van der Waals surface area contributed by atoms with Crippen molar-refractivity contribution in [3.63, 3.8) is 0 Å². The molecule has 0 saturated heterocycles. The zero-order valence-corrected chi connectivity index (χ0v) is 7.81. The monoisotopic (exact) mass is 140 g/mol. The van der Waals surface area contributed by atoms with Gasteiger partial charge in [-0.2, -0.15) is 0 Å². The van der Waals surface area contributed by atoms with Gasteiger partial charge < -0.3 is 0 Å². The van der Waals surface area contributed by atoms with E-state index in [0.29, 0.717) is 0 Å². The van der Waals surface area contributed by atoms with Crippen LogP contribution < -0.4 is 0 Å². The maximum absolute atomic E-state index is 5.53. The Morgan fingerprint density at radius 1 is 1.27 bits per heavy atom. The van der Waals surface area contributed by atoms with E-state index in [-0.39, 0.29) is 5.41 Å². The van der Waals surface area contributed by atoms with E-state index < -0.39 is 0 Å². The van der Waals surface area contributed by atoms with Crippen molar-refractivity contribution < 1.29 is 0 Å². The summed E-state index contributed by atoms with van der Waals surface area (Å²) in [6, 6.07) is 0. The standard InChI is InChI=1S/C7H12B4/c1-5(8)10-6(11-9)7(2,3)4/h1-4H3. The van der Waals surface area contributed by atoms with Gasteiger partial charge in [-0.3, -0.25) is 0 Å². The summed E-state index contributed by atoms with van der Waals surface area (Å²) in [7, 11) is 11.0. The van der Waals surface area contributed by atoms with E-state index in [1.807, 2.05) is 13.8 Å². The first kappa shape index (κ1) is 11.0. The van der Waals surface area contributed by atoms with Crippen molar-refractivity contribution in [2.24, 2.45) is 5.41 Å². The maximum atomic E-state index is 5.53. The molecule has 0 N–H and O–H groups in total. The molecule has 0 bridgehead atoms. The van der Waals surface area contributed by atoms with Crippen LogP contribution in [0.4, 0.5) is 0 Å². The van der Waals surface area contributed by atoms with E-state index in [1.54, 1.807) is 6.81 Å². The van der Waals surface area contributed by atoms with Crippen LogP contribution in [0.1, 0.15) is 27.7 Å². The Morgan fingerprint density at radius 2 is 1.73 bits per heavy atom. The summed E-state index contributed by atoms with van der Waals surface area (Å²) >= 11 is 0. The van der Waals surface area contributed by atoms with Crippen molar-refractivity contribution in [3.8, 4) is 0 Å². The molecule has 4 radical (unpaired) electrons. The predicted octanol–water partition coefficient (Wildman–Crippen LogP) is -0.0274. The Kier molecular flexibility index (Phi) is 4.13. The molecule has 0 atom stereocenters. The molecule has 0 rings (SSSR count). The molecular weight excluding hydrogens is 127 g/mol. The van der Waals surface area contributed by atoms with Crippen molar-refractivity contribution in [1.29, 1.82) is 0 Å². The average molecular weight is 139 g/mol. The summed E-state index contributed by atoms with van der Waals surface area (Å²) in [5, 5.41) is 1.86. The van der Waals surface area contributed by atoms with Gasteiger partial charge in [-0.05, 0) is 0 Å². The van der Waals surface area contributed by atoms with E-state index >= 15 is 0 Å². The van der Waals surface area contributed by atoms with E-state index in [0.717, 1.165) is 10.7 Å². The van der Waals surface area contributed by atoms with Gasteiger partial charge in [0.05, 0.1) is 0 Å². The van der Waals surface area contributed by atoms with Gasteiger partial charge in [0.1, 0.15) is 0 Å². The molecule has 0 aliphatic carbocycles. The summed E-state index contributed by atoms with van der Waals surface area (Å²) in [6.45, 7) is 11.7. The SMILES string of the molecule is [B]B=C(B=C([B])C)C(C)(C)C. The van der Waals surface area contributed by atoms with E-state index in [1.165, 1.54) is 0 Å². The minimum absolute atomic E-state index is 0.0787. The summed E-state index contributed by atoms with van der Waals surface area (Å²) in [5.41, 5.74) is 0.0787. The second kappa shape index (κ2) is 4.13. The third kappa shape index (κ3) is 4.44. The molecule has 11 heavy (non-hydrogen) atoms. The van der Waals surface area contributed by atoms with Crippen LogP contribution in [0.5, 0.6) is 0 Å². The summed E-state index contributed by atoms with van der Waals surface area (Å²) in [4.78, 5) is 0. The Hall–Kier alpha value is -0.000260. The van der Waals surface area contributed by atoms with Crippen LogP contribution in [0.3, 0.4) is 0 Å². The first-order valence-corrected chi connectivity index (χ1v) is 3.74. The van der Waals surface area contributed by atoms with Gasteiger partial charge in [-0.15, -0.1) is 0 Å². The van der Waals surface area contributed by atoms with Crippen molar-refractivity contribution >= 4 is 40.0 Å². The summed E-state index contributed by atoms with van der Waals surface area (Å²) in [6.07, 6.45) is 0. The van der Waals surface area contributed by atoms with Gasteiger partial charge in [0, 0.05) is 0 Å². The molecule has 0 aromatic rings. The molecule has 0 unspecified atom stereocenters. The Bertz CT molecular complexity index is 181. The first-order valence-electron chi connectivity index (χ1n) is 3.74. The average Bonchev–Trinajstić information content (AvgIpc) is 1.79. The molecule has 4 heteroatoms. The van der Waals surface area contributed by atoms with Crippen LogP contribution in [0, 0.1) is 5.41 Å². The molecule has 0 spiro atoms. The molecule has 0 aliphatic rings. The van der Waals surface area contributed by atoms with Gasteiger partial charge in [0.2, 0.25) is 0 Å². The fourth-order valence-electron chi connectivity index (χ4n) is 0.760. The van der Waals surface area contributed by atoms with Crippen molar-refractivity contribution in [2.45, 2.75) is 27.7 Å². The quantitative estimate of drug-likeness (QED) is 0.448. The topological polar surface area (TPSA) is 0 Å². The number of hydrogen-bond donors (Lipinski definition) is 0. The van der Waals surface area contributed by atoms with Crippen LogP contribution in [0.15, 0.2) is 0 Å². The summed E-state index contributed by atoms with van der Waals surface area (Å²) < 4.78 is 0. The fraction of sp³-hybridized carbons (Fsp3) is 0.714. The molecule has 52 valence electrons. The third-order valence-corrected chi connectivity index (χ3v) is 1.43. The van der Waals surface area contributed by atoms with Gasteiger partial charge in [-0.1, -0.05) is 0 Å². The van der Waals surface area contributed by atoms with E-state index in [9.17, 15) is 0 Å². The molecular formula is C7H12B4. The molecule has 0 aliphatic heterocycles. The van der Waals surface area contributed by atoms with Crippen LogP contribution in [0.2, 0.25) is 0 Å². The van der Waals surface area contributed by atoms with Gasteiger partial charge >= 0.3 is 73.2 Å². The van der Waals surface area contributed by atoms with Crippen LogP contribution >= 0.6 is 0 Å². The molecule has 0 fully saturated rings. The van der Waals surface area contributed by atoms with Gasteiger partial charge in [0.25, 0.3) is 0 Å². The van der Waals surface area contributed by atoms with Crippen molar-refractivity contribution in [3.05, 3.63) is 0 Å². The van der Waals surface area contributed by atoms with Crippen LogP contribution in [-0.4, -0.2) is 40.0 Å². The second-order valence-electron chi connectivity index (χ2n) is 3.76. The molecule has 0 nitrogen and oxygen atoms in total. The Morgan fingerprint density at radius 3 is 1.82 bits per heavy atom. The molecule has 0 saturated carbocycles. The summed E-state index contributed by atoms with van der Waals surface area (Å²) in [5.74, 6) is 0. The molecule has 0 amide bonds. The van der Waals surface area contributed by atoms with Gasteiger partial charge in [-0.25, -0.2) is 0 Å². The van der Waals surface area contributed by atoms with Crippen molar-refractivity contribution in [1.82, 2.24) is 0 Å². The van der Waals surface area contributed by atoms with Crippen LogP contribution in [0.25, 0.3) is 0 Å². The van der Waals surface area contributed by atoms with Crippen molar-refractivity contribution in [2.75, 3.05) is 0 Å². The van der Waals surface area contributed by atoms with E-state index in [4.69, 9.17) is 15.6 Å². The predicted molar refractivity (Wildman–Crippen MR) is 58.2 cm³/mol. The Balaban J connectivity index is 4.60. The van der Waals surface area contributed by atoms with Gasteiger partial charge in [0.15, 0.2) is 0 Å². The molecule has 0 aromatic carbocycles. The number of hydrogen-bond acceptors (Lipinski definition) is 0. The van der Waals surface area contributed by atoms with E-state index in [2.05, 4.69) is 20.8 Å². The third-order valence-electron chi connectivity index (χ3n) is 1.43. The molecule has 0 heterocycles. The number of rotatable bonds is 1. The minimum atomic E-state index is 0.0787. The zero-order valence-electron chi connectivity index (χ0n) is 7.81. The van der Waals surface area contributed by atoms with Crippen LogP contribution in [-0.2, 0) is 0 Å². The zero-order chi connectivity index (χ0) is 9.07. The fourth-order valence-corrected chi connectivity index (χ4v) is 0.760. The first-order chi connectivity index (χ1) is 4.88. The second-order valence-corrected chi connectivity index (χ2v) is 3.76.